The Morgan fingerprint density at radius 1 is 0.963 bits per heavy atom. The summed E-state index contributed by atoms with van der Waals surface area (Å²) in [7, 11) is 1.60. The van der Waals surface area contributed by atoms with Crippen LogP contribution in [-0.2, 0) is 0 Å². The normalized spacial score (nSPS) is 10.6. The molecule has 1 heterocycles. The van der Waals surface area contributed by atoms with E-state index >= 15 is 0 Å². The second kappa shape index (κ2) is 8.60. The SMILES string of the molecule is COc1ccc(Cl)cc1Nc1nccc(Nc2ccccc2OC(C)C)n1. The zero-order valence-corrected chi connectivity index (χ0v) is 16.1. The van der Waals surface area contributed by atoms with E-state index in [1.54, 1.807) is 37.6 Å². The number of hydrogen-bond donors (Lipinski definition) is 2. The number of halogens is 1. The predicted molar refractivity (Wildman–Crippen MR) is 109 cm³/mol. The molecule has 0 aliphatic rings. The maximum absolute atomic E-state index is 6.07. The summed E-state index contributed by atoms with van der Waals surface area (Å²) in [6.07, 6.45) is 1.74. The molecule has 2 aromatic carbocycles. The quantitative estimate of drug-likeness (QED) is 0.567. The van der Waals surface area contributed by atoms with Gasteiger partial charge in [-0.2, -0.15) is 4.98 Å². The molecule has 0 aliphatic heterocycles. The molecule has 0 atom stereocenters. The van der Waals surface area contributed by atoms with Crippen LogP contribution in [0.25, 0.3) is 0 Å². The zero-order chi connectivity index (χ0) is 19.2. The highest BCUT2D eigenvalue weighted by Crippen LogP contribution is 2.31. The smallest absolute Gasteiger partial charge is 0.229 e. The predicted octanol–water partition coefficient (Wildman–Crippen LogP) is 5.41. The number of hydrogen-bond acceptors (Lipinski definition) is 6. The molecule has 7 heteroatoms. The van der Waals surface area contributed by atoms with Gasteiger partial charge in [-0.1, -0.05) is 23.7 Å². The highest BCUT2D eigenvalue weighted by Gasteiger charge is 2.09. The summed E-state index contributed by atoms with van der Waals surface area (Å²) in [6.45, 7) is 3.98. The summed E-state index contributed by atoms with van der Waals surface area (Å²) in [4.78, 5) is 8.76. The van der Waals surface area contributed by atoms with Gasteiger partial charge in [0.2, 0.25) is 5.95 Å². The van der Waals surface area contributed by atoms with Crippen molar-refractivity contribution in [2.24, 2.45) is 0 Å². The van der Waals surface area contributed by atoms with Crippen LogP contribution in [-0.4, -0.2) is 23.2 Å². The first-order valence-corrected chi connectivity index (χ1v) is 8.89. The molecule has 0 fully saturated rings. The Balaban J connectivity index is 1.82. The van der Waals surface area contributed by atoms with Gasteiger partial charge in [0.05, 0.1) is 24.6 Å². The fraction of sp³-hybridized carbons (Fsp3) is 0.200. The second-order valence-corrected chi connectivity index (χ2v) is 6.46. The van der Waals surface area contributed by atoms with Gasteiger partial charge in [0.15, 0.2) is 0 Å². The third-order valence-corrected chi connectivity index (χ3v) is 3.81. The monoisotopic (exact) mass is 384 g/mol. The largest absolute Gasteiger partial charge is 0.495 e. The van der Waals surface area contributed by atoms with Gasteiger partial charge < -0.3 is 20.1 Å². The van der Waals surface area contributed by atoms with Crippen LogP contribution in [0.4, 0.5) is 23.1 Å². The molecule has 0 bridgehead atoms. The van der Waals surface area contributed by atoms with Crippen LogP contribution in [0.15, 0.2) is 54.7 Å². The van der Waals surface area contributed by atoms with Crippen LogP contribution in [0.3, 0.4) is 0 Å². The standard InChI is InChI=1S/C20H21ClN4O2/c1-13(2)27-18-7-5-4-6-15(18)23-19-10-11-22-20(25-19)24-16-12-14(21)8-9-17(16)26-3/h4-13H,1-3H3,(H2,22,23,24,25). The first kappa shape index (κ1) is 18.8. The number of rotatable bonds is 7. The molecule has 0 saturated carbocycles. The number of ether oxygens (including phenoxy) is 2. The minimum Gasteiger partial charge on any atom is -0.495 e. The maximum Gasteiger partial charge on any atom is 0.229 e. The van der Waals surface area contributed by atoms with Crippen molar-refractivity contribution in [2.45, 2.75) is 20.0 Å². The summed E-state index contributed by atoms with van der Waals surface area (Å²) in [6, 6.07) is 14.8. The lowest BCUT2D eigenvalue weighted by Crippen LogP contribution is -2.08. The topological polar surface area (TPSA) is 68.3 Å². The van der Waals surface area contributed by atoms with Gasteiger partial charge in [-0.25, -0.2) is 4.98 Å². The number of para-hydroxylation sites is 2. The number of methoxy groups -OCH3 is 1. The van der Waals surface area contributed by atoms with Crippen molar-refractivity contribution in [3.63, 3.8) is 0 Å². The van der Waals surface area contributed by atoms with E-state index in [0.717, 1.165) is 11.4 Å². The van der Waals surface area contributed by atoms with E-state index in [4.69, 9.17) is 21.1 Å². The Labute approximate surface area is 163 Å². The molecule has 1 aromatic heterocycles. The van der Waals surface area contributed by atoms with E-state index in [9.17, 15) is 0 Å². The molecule has 0 spiro atoms. The number of benzene rings is 2. The van der Waals surface area contributed by atoms with Crippen LogP contribution in [0.2, 0.25) is 5.02 Å². The molecule has 27 heavy (non-hydrogen) atoms. The van der Waals surface area contributed by atoms with Gasteiger partial charge in [-0.3, -0.25) is 0 Å². The Morgan fingerprint density at radius 2 is 1.78 bits per heavy atom. The molecule has 3 rings (SSSR count). The van der Waals surface area contributed by atoms with Gasteiger partial charge in [0.1, 0.15) is 17.3 Å². The first-order chi connectivity index (χ1) is 13.0. The average molecular weight is 385 g/mol. The number of nitrogens with one attached hydrogen (secondary N) is 2. The summed E-state index contributed by atoms with van der Waals surface area (Å²) in [5, 5.41) is 7.00. The van der Waals surface area contributed by atoms with Gasteiger partial charge in [0.25, 0.3) is 0 Å². The van der Waals surface area contributed by atoms with Gasteiger partial charge in [-0.15, -0.1) is 0 Å². The Hall–Kier alpha value is -2.99. The number of anilines is 4. The van der Waals surface area contributed by atoms with E-state index < -0.39 is 0 Å². The van der Waals surface area contributed by atoms with Crippen LogP contribution >= 0.6 is 11.6 Å². The molecular formula is C20H21ClN4O2. The second-order valence-electron chi connectivity index (χ2n) is 6.02. The Bertz CT molecular complexity index is 918. The fourth-order valence-corrected chi connectivity index (χ4v) is 2.62. The van der Waals surface area contributed by atoms with Crippen LogP contribution in [0.1, 0.15) is 13.8 Å². The van der Waals surface area contributed by atoms with E-state index in [2.05, 4.69) is 20.6 Å². The highest BCUT2D eigenvalue weighted by atomic mass is 35.5. The molecule has 6 nitrogen and oxygen atoms in total. The fourth-order valence-electron chi connectivity index (χ4n) is 2.45. The van der Waals surface area contributed by atoms with Crippen LogP contribution in [0, 0.1) is 0 Å². The van der Waals surface area contributed by atoms with E-state index in [1.165, 1.54) is 0 Å². The van der Waals surface area contributed by atoms with E-state index in [1.807, 2.05) is 38.1 Å². The lowest BCUT2D eigenvalue weighted by Gasteiger charge is -2.15. The highest BCUT2D eigenvalue weighted by molar-refractivity contribution is 6.31. The van der Waals surface area contributed by atoms with Crippen LogP contribution < -0.4 is 20.1 Å². The molecule has 2 N–H and O–H groups in total. The summed E-state index contributed by atoms with van der Waals surface area (Å²) in [5.41, 5.74) is 1.52. The minimum atomic E-state index is 0.0749. The summed E-state index contributed by atoms with van der Waals surface area (Å²) >= 11 is 6.07. The van der Waals surface area contributed by atoms with Crippen LogP contribution in [0.5, 0.6) is 11.5 Å². The Kier molecular flexibility index (Phi) is 5.98. The third-order valence-electron chi connectivity index (χ3n) is 3.58. The first-order valence-electron chi connectivity index (χ1n) is 8.51. The van der Waals surface area contributed by atoms with Crippen molar-refractivity contribution in [3.8, 4) is 11.5 Å². The minimum absolute atomic E-state index is 0.0749. The molecule has 0 aliphatic carbocycles. The third kappa shape index (κ3) is 5.01. The van der Waals surface area contributed by atoms with Crippen molar-refractivity contribution >= 4 is 34.7 Å². The summed E-state index contributed by atoms with van der Waals surface area (Å²) < 4.78 is 11.2. The van der Waals surface area contributed by atoms with Gasteiger partial charge >= 0.3 is 0 Å². The maximum atomic E-state index is 6.07. The molecule has 0 saturated heterocycles. The molecule has 0 amide bonds. The van der Waals surface area contributed by atoms with E-state index in [0.29, 0.717) is 28.2 Å². The van der Waals surface area contributed by atoms with Gasteiger partial charge in [-0.05, 0) is 50.2 Å². The van der Waals surface area contributed by atoms with Gasteiger partial charge in [0, 0.05) is 11.2 Å². The van der Waals surface area contributed by atoms with E-state index in [-0.39, 0.29) is 6.10 Å². The molecular weight excluding hydrogens is 364 g/mol. The zero-order valence-electron chi connectivity index (χ0n) is 15.4. The molecule has 0 radical (unpaired) electrons. The average Bonchev–Trinajstić information content (AvgIpc) is 2.63. The van der Waals surface area contributed by atoms with Crippen molar-refractivity contribution in [3.05, 3.63) is 59.8 Å². The number of aromatic nitrogens is 2. The lowest BCUT2D eigenvalue weighted by atomic mass is 10.3. The van der Waals surface area contributed by atoms with Crippen molar-refractivity contribution < 1.29 is 9.47 Å². The lowest BCUT2D eigenvalue weighted by molar-refractivity contribution is 0.244. The van der Waals surface area contributed by atoms with Crippen molar-refractivity contribution in [2.75, 3.05) is 17.7 Å². The van der Waals surface area contributed by atoms with Crippen molar-refractivity contribution in [1.82, 2.24) is 9.97 Å². The Morgan fingerprint density at radius 3 is 2.56 bits per heavy atom. The van der Waals surface area contributed by atoms with Crippen molar-refractivity contribution in [1.29, 1.82) is 0 Å². The summed E-state index contributed by atoms with van der Waals surface area (Å²) in [5.74, 6) is 2.46. The number of nitrogens with zero attached hydrogens (tertiary/aromatic N) is 2. The molecule has 140 valence electrons. The molecule has 3 aromatic rings. The molecule has 0 unspecified atom stereocenters.